The second-order valence-electron chi connectivity index (χ2n) is 22.9. The van der Waals surface area contributed by atoms with E-state index in [1.54, 1.807) is 7.05 Å². The normalized spacial score (nSPS) is 22.1. The third-order valence-corrected chi connectivity index (χ3v) is 32.3. The number of rotatable bonds is 20. The van der Waals surface area contributed by atoms with Crippen molar-refractivity contribution in [2.24, 2.45) is 17.8 Å². The van der Waals surface area contributed by atoms with E-state index in [0.717, 1.165) is 0 Å². The molecule has 0 aliphatic carbocycles. The first kappa shape index (κ1) is 53.5. The molecule has 1 aliphatic rings. The molecule has 1 saturated heterocycles. The molecule has 1 heterocycles. The molecule has 0 spiro atoms. The zero-order valence-electron chi connectivity index (χ0n) is 41.0. The summed E-state index contributed by atoms with van der Waals surface area (Å²) in [6.45, 7) is 50.8. The van der Waals surface area contributed by atoms with Gasteiger partial charge in [0.15, 0.2) is 33.3 Å². The monoisotopic (exact) mass is 860 g/mol. The van der Waals surface area contributed by atoms with Crippen LogP contribution in [0.15, 0.2) is 12.2 Å². The first-order valence-electron chi connectivity index (χ1n) is 21.0. The first-order valence-corrected chi connectivity index (χ1v) is 32.7. The van der Waals surface area contributed by atoms with Crippen molar-refractivity contribution in [2.45, 2.75) is 207 Å². The molecule has 0 saturated carbocycles. The Morgan fingerprint density at radius 1 is 0.714 bits per heavy atom. The van der Waals surface area contributed by atoms with Crippen molar-refractivity contribution in [1.82, 2.24) is 5.06 Å². The largest absolute Gasteiger partial charge is 0.416 e. The van der Waals surface area contributed by atoms with E-state index in [1.807, 2.05) is 6.92 Å². The van der Waals surface area contributed by atoms with Gasteiger partial charge in [-0.2, -0.15) is 0 Å². The van der Waals surface area contributed by atoms with Gasteiger partial charge in [-0.25, -0.2) is 5.06 Å². The van der Waals surface area contributed by atoms with Crippen LogP contribution < -0.4 is 0 Å². The smallest absolute Gasteiger partial charge is 0.248 e. The number of hydrogen-bond donors (Lipinski definition) is 0. The number of ketones is 1. The van der Waals surface area contributed by atoms with Gasteiger partial charge in [-0.1, -0.05) is 102 Å². The molecule has 0 aromatic rings. The maximum atomic E-state index is 16.1. The predicted molar refractivity (Wildman–Crippen MR) is 244 cm³/mol. The van der Waals surface area contributed by atoms with Crippen LogP contribution in [0.4, 0.5) is 0 Å². The number of Topliss-reactive ketones (excluding diaryl/α,β-unsaturated/α-hetero) is 1. The van der Waals surface area contributed by atoms with E-state index in [-0.39, 0.29) is 63.5 Å². The summed E-state index contributed by atoms with van der Waals surface area (Å²) in [7, 11) is -6.72. The first-order chi connectivity index (χ1) is 24.7. The summed E-state index contributed by atoms with van der Waals surface area (Å²) in [5, 5.41) is 0.721. The molecule has 0 aromatic carbocycles. The number of hydroxylamine groups is 2. The second-order valence-corrected chi connectivity index (χ2v) is 42.0. The average molecular weight is 861 g/mol. The van der Waals surface area contributed by atoms with E-state index in [4.69, 9.17) is 27.3 Å². The molecule has 0 unspecified atom stereocenters. The number of amides is 1. The number of carbonyl (C=O) groups excluding carboxylic acids is 2. The Morgan fingerprint density at radius 3 is 1.48 bits per heavy atom. The number of nitrogens with zero attached hydrogens (tertiary/aromatic N) is 1. The molecule has 1 aliphatic heterocycles. The molecule has 9 nitrogen and oxygen atoms in total. The summed E-state index contributed by atoms with van der Waals surface area (Å²) >= 11 is 0. The Balaban J connectivity index is 4.32. The third kappa shape index (κ3) is 13.3. The van der Waals surface area contributed by atoms with Crippen LogP contribution in [0.3, 0.4) is 0 Å². The minimum absolute atomic E-state index is 0.0353. The van der Waals surface area contributed by atoms with Crippen LogP contribution in [0, 0.1) is 17.8 Å². The second kappa shape index (κ2) is 18.6. The van der Waals surface area contributed by atoms with Crippen LogP contribution in [-0.4, -0.2) is 101 Å². The van der Waals surface area contributed by atoms with Gasteiger partial charge in [-0.3, -0.25) is 14.4 Å². The van der Waals surface area contributed by atoms with Gasteiger partial charge in [-0.05, 0) is 86.4 Å². The van der Waals surface area contributed by atoms with E-state index in [0.29, 0.717) is 0 Å². The molecule has 0 N–H and O–H groups in total. The summed E-state index contributed by atoms with van der Waals surface area (Å²) in [6, 6.07) is 0. The molecule has 1 fully saturated rings. The fourth-order valence-electron chi connectivity index (χ4n) is 5.81. The predicted octanol–water partition coefficient (Wildman–Crippen LogP) is 11.4. The highest BCUT2D eigenvalue weighted by atomic mass is 28.4. The molecular weight excluding hydrogens is 771 g/mol. The maximum Gasteiger partial charge on any atom is 0.248 e. The van der Waals surface area contributed by atoms with Crippen molar-refractivity contribution >= 4 is 45.0 Å². The van der Waals surface area contributed by atoms with Gasteiger partial charge in [0.2, 0.25) is 5.91 Å². The Labute approximate surface area is 349 Å². The molecule has 330 valence electrons. The standard InChI is InChI=1S/C43H89NO8Si4/c1-26-27-31(2)37-43(15,50-37)38(52-56(24,25)42(12,13)14)33(30-49-54(20,21)40(6,7)8)36(46)32(29-48-53(18,19)39(3,4)5)34(28-35(45)44(16)47-17)51-55(22,23)41(9,10)11/h26-27,31-34,37-38H,28-30H2,1-25H3/b27-26-/t31-,32+,33-,34+,37+,38-,43-/m0/s1. The average Bonchev–Trinajstić information content (AvgIpc) is 3.70. The molecule has 56 heavy (non-hydrogen) atoms. The quantitative estimate of drug-likeness (QED) is 0.0517. The number of carbonyl (C=O) groups is 2. The number of epoxide rings is 1. The molecular formula is C43H89NO8Si4. The van der Waals surface area contributed by atoms with Gasteiger partial charge < -0.3 is 22.4 Å². The van der Waals surface area contributed by atoms with Crippen LogP contribution in [-0.2, 0) is 36.9 Å². The van der Waals surface area contributed by atoms with Crippen LogP contribution in [0.2, 0.25) is 72.5 Å². The fraction of sp³-hybridized carbons (Fsp3) is 0.907. The minimum Gasteiger partial charge on any atom is -0.416 e. The van der Waals surface area contributed by atoms with Gasteiger partial charge >= 0.3 is 0 Å². The Kier molecular flexibility index (Phi) is 17.8. The summed E-state index contributed by atoms with van der Waals surface area (Å²) in [5.74, 6) is -1.72. The van der Waals surface area contributed by atoms with Crippen molar-refractivity contribution in [2.75, 3.05) is 27.4 Å². The van der Waals surface area contributed by atoms with E-state index >= 15 is 4.79 Å². The maximum absolute atomic E-state index is 16.1. The molecule has 13 heteroatoms. The lowest BCUT2D eigenvalue weighted by Gasteiger charge is -2.46. The van der Waals surface area contributed by atoms with Gasteiger partial charge in [0.1, 0.15) is 11.4 Å². The third-order valence-electron chi connectivity index (χ3n) is 14.3. The van der Waals surface area contributed by atoms with E-state index in [1.165, 1.54) is 12.2 Å². The van der Waals surface area contributed by atoms with E-state index in [2.05, 4.69) is 161 Å². The van der Waals surface area contributed by atoms with E-state index in [9.17, 15) is 4.79 Å². The lowest BCUT2D eigenvalue weighted by molar-refractivity contribution is -0.171. The fourth-order valence-corrected chi connectivity index (χ4v) is 10.6. The summed E-state index contributed by atoms with van der Waals surface area (Å²) in [5.41, 5.74) is -0.752. The highest BCUT2D eigenvalue weighted by Gasteiger charge is 2.65. The van der Waals surface area contributed by atoms with Gasteiger partial charge in [-0.15, -0.1) is 0 Å². The van der Waals surface area contributed by atoms with Crippen LogP contribution in [0.25, 0.3) is 0 Å². The van der Waals surface area contributed by atoms with E-state index < -0.39 is 62.9 Å². The number of hydrogen-bond acceptors (Lipinski definition) is 8. The van der Waals surface area contributed by atoms with Crippen molar-refractivity contribution in [3.8, 4) is 0 Å². The highest BCUT2D eigenvalue weighted by Crippen LogP contribution is 2.52. The van der Waals surface area contributed by atoms with Crippen LogP contribution >= 0.6 is 0 Å². The summed E-state index contributed by atoms with van der Waals surface area (Å²) < 4.78 is 35.5. The molecule has 7 atom stereocenters. The molecule has 0 aromatic heterocycles. The molecule has 0 radical (unpaired) electrons. The molecule has 1 rings (SSSR count). The Hall–Kier alpha value is -0.492. The van der Waals surface area contributed by atoms with Gasteiger partial charge in [0, 0.05) is 26.2 Å². The number of ether oxygens (including phenoxy) is 1. The Morgan fingerprint density at radius 2 is 1.11 bits per heavy atom. The SMILES string of the molecule is C/C=C\[C@H](C)[C@H]1O[C@]1(C)[C@@H](O[Si](C)(C)C(C)(C)C)[C@@H](CO[Si](C)(C)C(C)(C)C)C(=O)[C@H](CO[Si](C)(C)C(C)(C)C)[C@@H](CC(=O)N(C)OC)O[Si](C)(C)C(C)(C)C. The topological polar surface area (TPSA) is 96.1 Å². The molecule has 1 amide bonds. The van der Waals surface area contributed by atoms with Crippen molar-refractivity contribution in [3.63, 3.8) is 0 Å². The number of allylic oxidation sites excluding steroid dienone is 1. The lowest BCUT2D eigenvalue weighted by Crippen LogP contribution is -2.57. The zero-order chi connectivity index (χ0) is 44.5. The van der Waals surface area contributed by atoms with Gasteiger partial charge in [0.25, 0.3) is 0 Å². The van der Waals surface area contributed by atoms with Crippen LogP contribution in [0.1, 0.15) is 110 Å². The Bertz CT molecular complexity index is 1340. The summed E-state index contributed by atoms with van der Waals surface area (Å²) in [6.07, 6.45) is 2.67. The van der Waals surface area contributed by atoms with Crippen molar-refractivity contribution in [1.29, 1.82) is 0 Å². The lowest BCUT2D eigenvalue weighted by atomic mass is 9.79. The molecule has 0 bridgehead atoms. The van der Waals surface area contributed by atoms with Crippen molar-refractivity contribution in [3.05, 3.63) is 12.2 Å². The minimum atomic E-state index is -2.55. The highest BCUT2D eigenvalue weighted by molar-refractivity contribution is 6.75. The van der Waals surface area contributed by atoms with Crippen molar-refractivity contribution < 1.29 is 36.9 Å². The van der Waals surface area contributed by atoms with Gasteiger partial charge in [0.05, 0.1) is 43.7 Å². The zero-order valence-corrected chi connectivity index (χ0v) is 45.0. The van der Waals surface area contributed by atoms with Crippen LogP contribution in [0.5, 0.6) is 0 Å². The summed E-state index contributed by atoms with van der Waals surface area (Å²) in [4.78, 5) is 35.4.